The first kappa shape index (κ1) is 20.8. The lowest BCUT2D eigenvalue weighted by Crippen LogP contribution is -2.11. The van der Waals surface area contributed by atoms with Gasteiger partial charge in [-0.1, -0.05) is 46.7 Å². The minimum Gasteiger partial charge on any atom is -0.451 e. The highest BCUT2D eigenvalue weighted by Crippen LogP contribution is 2.34. The third-order valence-corrected chi connectivity index (χ3v) is 6.59. The molecular weight excluding hydrogens is 467 g/mol. The fourth-order valence-corrected chi connectivity index (χ4v) is 4.76. The number of nitrogens with zero attached hydrogens (tertiary/aromatic N) is 2. The highest BCUT2D eigenvalue weighted by Gasteiger charge is 2.17. The molecule has 32 heavy (non-hydrogen) atoms. The number of carbonyl (C=O) groups is 1. The number of benzene rings is 2. The number of carbonyl (C=O) groups excluding carboxylic acids is 1. The summed E-state index contributed by atoms with van der Waals surface area (Å²) in [4.78, 5) is 18.4. The summed E-state index contributed by atoms with van der Waals surface area (Å²) in [5.41, 5.74) is 4.96. The van der Waals surface area contributed by atoms with Gasteiger partial charge in [-0.15, -0.1) is 0 Å². The highest BCUT2D eigenvalue weighted by atomic mass is 35.5. The molecular formula is C23H16Cl2N4O2S. The van der Waals surface area contributed by atoms with E-state index in [-0.39, 0.29) is 11.7 Å². The maximum atomic E-state index is 12.9. The number of aryl methyl sites for hydroxylation is 2. The van der Waals surface area contributed by atoms with Crippen LogP contribution in [0.3, 0.4) is 0 Å². The smallest absolute Gasteiger partial charge is 0.291 e. The number of fused-ring (bicyclic) bond motifs is 1. The van der Waals surface area contributed by atoms with Gasteiger partial charge in [-0.25, -0.2) is 4.98 Å². The average molecular weight is 483 g/mol. The fraction of sp³-hybridized carbons (Fsp3) is 0.0870. The van der Waals surface area contributed by atoms with Crippen LogP contribution in [0, 0.1) is 13.8 Å². The van der Waals surface area contributed by atoms with E-state index in [1.807, 2.05) is 32.0 Å². The van der Waals surface area contributed by atoms with Crippen LogP contribution in [-0.4, -0.2) is 21.1 Å². The molecule has 0 aliphatic heterocycles. The van der Waals surface area contributed by atoms with Gasteiger partial charge >= 0.3 is 0 Å². The van der Waals surface area contributed by atoms with E-state index in [1.165, 1.54) is 11.3 Å². The van der Waals surface area contributed by atoms with E-state index in [9.17, 15) is 4.79 Å². The Morgan fingerprint density at radius 2 is 1.94 bits per heavy atom. The summed E-state index contributed by atoms with van der Waals surface area (Å²) in [6.45, 7) is 3.87. The molecule has 2 aromatic carbocycles. The first-order valence-electron chi connectivity index (χ1n) is 9.68. The molecule has 6 nitrogen and oxygen atoms in total. The minimum atomic E-state index is -0.355. The molecule has 1 amide bonds. The number of aromatic nitrogens is 3. The van der Waals surface area contributed by atoms with E-state index in [4.69, 9.17) is 27.6 Å². The molecule has 0 unspecified atom stereocenters. The van der Waals surface area contributed by atoms with Crippen LogP contribution in [0.25, 0.3) is 32.2 Å². The average Bonchev–Trinajstić information content (AvgIpc) is 3.47. The SMILES string of the molecule is Cc1ccc(-c2nc3c(C)[nH]nc3s2)cc1NC(=O)c1ccc(-c2ccc(Cl)cc2Cl)o1. The maximum absolute atomic E-state index is 12.9. The molecule has 5 rings (SSSR count). The van der Waals surface area contributed by atoms with E-state index < -0.39 is 0 Å². The molecule has 3 aromatic heterocycles. The Bertz CT molecular complexity index is 1480. The number of hydrogen-bond donors (Lipinski definition) is 2. The molecule has 0 bridgehead atoms. The molecule has 0 fully saturated rings. The van der Waals surface area contributed by atoms with Gasteiger partial charge in [0.2, 0.25) is 0 Å². The zero-order chi connectivity index (χ0) is 22.4. The number of aromatic amines is 1. The van der Waals surface area contributed by atoms with Crippen LogP contribution in [0.4, 0.5) is 5.69 Å². The van der Waals surface area contributed by atoms with Crippen molar-refractivity contribution in [2.45, 2.75) is 13.8 Å². The third kappa shape index (κ3) is 3.79. The lowest BCUT2D eigenvalue weighted by atomic mass is 10.1. The maximum Gasteiger partial charge on any atom is 0.291 e. The van der Waals surface area contributed by atoms with Crippen molar-refractivity contribution < 1.29 is 9.21 Å². The van der Waals surface area contributed by atoms with Crippen molar-refractivity contribution in [1.82, 2.24) is 15.2 Å². The summed E-state index contributed by atoms with van der Waals surface area (Å²) in [5, 5.41) is 12.0. The van der Waals surface area contributed by atoms with Crippen molar-refractivity contribution in [3.8, 4) is 21.9 Å². The zero-order valence-corrected chi connectivity index (χ0v) is 19.3. The number of hydrogen-bond acceptors (Lipinski definition) is 5. The molecule has 0 saturated heterocycles. The van der Waals surface area contributed by atoms with E-state index in [0.717, 1.165) is 32.2 Å². The van der Waals surface area contributed by atoms with Crippen molar-refractivity contribution >= 4 is 56.5 Å². The molecule has 9 heteroatoms. The Morgan fingerprint density at radius 1 is 1.09 bits per heavy atom. The van der Waals surface area contributed by atoms with Crippen LogP contribution in [-0.2, 0) is 0 Å². The van der Waals surface area contributed by atoms with Gasteiger partial charge in [-0.05, 0) is 55.8 Å². The van der Waals surface area contributed by atoms with Gasteiger partial charge in [0, 0.05) is 21.8 Å². The third-order valence-electron chi connectivity index (χ3n) is 5.05. The summed E-state index contributed by atoms with van der Waals surface area (Å²) in [6.07, 6.45) is 0. The second-order valence-corrected chi connectivity index (χ2v) is 9.11. The quantitative estimate of drug-likeness (QED) is 0.285. The number of anilines is 1. The number of rotatable bonds is 4. The van der Waals surface area contributed by atoms with Gasteiger partial charge in [0.25, 0.3) is 5.91 Å². The molecule has 0 aliphatic carbocycles. The number of thiazole rings is 1. The number of halogens is 2. The van der Waals surface area contributed by atoms with E-state index in [2.05, 4.69) is 20.5 Å². The monoisotopic (exact) mass is 482 g/mol. The summed E-state index contributed by atoms with van der Waals surface area (Å²) >= 11 is 13.7. The number of nitrogens with one attached hydrogen (secondary N) is 2. The number of H-pyrrole nitrogens is 1. The molecule has 5 aromatic rings. The fourth-order valence-electron chi connectivity index (χ4n) is 3.31. The number of amides is 1. The van der Waals surface area contributed by atoms with Gasteiger partial charge in [0.1, 0.15) is 16.3 Å². The Morgan fingerprint density at radius 3 is 2.72 bits per heavy atom. The van der Waals surface area contributed by atoms with Crippen LogP contribution in [0.1, 0.15) is 21.8 Å². The normalized spacial score (nSPS) is 11.2. The largest absolute Gasteiger partial charge is 0.451 e. The van der Waals surface area contributed by atoms with Crippen LogP contribution >= 0.6 is 34.5 Å². The van der Waals surface area contributed by atoms with Crippen LogP contribution in [0.2, 0.25) is 10.0 Å². The van der Waals surface area contributed by atoms with E-state index in [1.54, 1.807) is 30.3 Å². The first-order chi connectivity index (χ1) is 15.4. The Kier molecular flexibility index (Phi) is 5.25. The number of furan rings is 1. The molecule has 0 radical (unpaired) electrons. The molecule has 0 saturated carbocycles. The topological polar surface area (TPSA) is 83.8 Å². The van der Waals surface area contributed by atoms with Gasteiger partial charge in [0.05, 0.1) is 10.7 Å². The van der Waals surface area contributed by atoms with Crippen LogP contribution in [0.15, 0.2) is 52.9 Å². The van der Waals surface area contributed by atoms with Crippen molar-refractivity contribution in [3.05, 3.63) is 75.6 Å². The zero-order valence-electron chi connectivity index (χ0n) is 17.0. The van der Waals surface area contributed by atoms with Crippen molar-refractivity contribution in [1.29, 1.82) is 0 Å². The second-order valence-electron chi connectivity index (χ2n) is 7.29. The Hall–Kier alpha value is -3.13. The minimum absolute atomic E-state index is 0.180. The molecule has 160 valence electrons. The van der Waals surface area contributed by atoms with Crippen molar-refractivity contribution in [2.75, 3.05) is 5.32 Å². The summed E-state index contributed by atoms with van der Waals surface area (Å²) < 4.78 is 5.76. The van der Waals surface area contributed by atoms with Crippen molar-refractivity contribution in [3.63, 3.8) is 0 Å². The van der Waals surface area contributed by atoms with E-state index in [0.29, 0.717) is 27.1 Å². The van der Waals surface area contributed by atoms with E-state index >= 15 is 0 Å². The van der Waals surface area contributed by atoms with Crippen LogP contribution in [0.5, 0.6) is 0 Å². The highest BCUT2D eigenvalue weighted by molar-refractivity contribution is 7.21. The molecule has 0 spiro atoms. The molecule has 0 atom stereocenters. The van der Waals surface area contributed by atoms with Gasteiger partial charge in [-0.3, -0.25) is 9.89 Å². The molecule has 3 heterocycles. The first-order valence-corrected chi connectivity index (χ1v) is 11.3. The Labute approximate surface area is 197 Å². The van der Waals surface area contributed by atoms with Gasteiger partial charge < -0.3 is 9.73 Å². The lowest BCUT2D eigenvalue weighted by Gasteiger charge is -2.09. The predicted molar refractivity (Wildman–Crippen MR) is 129 cm³/mol. The molecule has 2 N–H and O–H groups in total. The van der Waals surface area contributed by atoms with Gasteiger partial charge in [0.15, 0.2) is 10.6 Å². The molecule has 0 aliphatic rings. The van der Waals surface area contributed by atoms with Crippen molar-refractivity contribution in [2.24, 2.45) is 0 Å². The van der Waals surface area contributed by atoms with Crippen LogP contribution < -0.4 is 5.32 Å². The summed E-state index contributed by atoms with van der Waals surface area (Å²) in [7, 11) is 0. The lowest BCUT2D eigenvalue weighted by molar-refractivity contribution is 0.0997. The standard InChI is InChI=1S/C23H16Cl2N4O2S/c1-11-3-4-13(22-27-20-12(2)28-29-23(20)32-22)9-17(11)26-21(30)19-8-7-18(31-19)15-6-5-14(24)10-16(15)25/h3-10H,1-2H3,(H,26,30)(H,28,29). The summed E-state index contributed by atoms with van der Waals surface area (Å²) in [6, 6.07) is 14.3. The van der Waals surface area contributed by atoms with Gasteiger partial charge in [-0.2, -0.15) is 5.10 Å². The predicted octanol–water partition coefficient (Wildman–Crippen LogP) is 7.12. The Balaban J connectivity index is 1.41. The summed E-state index contributed by atoms with van der Waals surface area (Å²) in [5.74, 6) is 0.314. The second kappa shape index (κ2) is 8.09.